The second kappa shape index (κ2) is 5.69. The van der Waals surface area contributed by atoms with Crippen LogP contribution in [0.5, 0.6) is 0 Å². The highest BCUT2D eigenvalue weighted by molar-refractivity contribution is 6.76. The quantitative estimate of drug-likeness (QED) is 0.580. The SMILES string of the molecule is C=C[C@@H]1[C@@H]2CC[C@@H](C2)CN1C(=O)OCC[Si](C)(C)C. The predicted octanol–water partition coefficient (Wildman–Crippen LogP) is 3.75. The topological polar surface area (TPSA) is 29.5 Å². The summed E-state index contributed by atoms with van der Waals surface area (Å²) in [6.07, 6.45) is 5.56. The Morgan fingerprint density at radius 2 is 2.16 bits per heavy atom. The van der Waals surface area contributed by atoms with Crippen LogP contribution in [0, 0.1) is 11.8 Å². The van der Waals surface area contributed by atoms with E-state index in [0.717, 1.165) is 12.6 Å². The van der Waals surface area contributed by atoms with Gasteiger partial charge < -0.3 is 9.64 Å². The molecule has 3 nitrogen and oxygen atoms in total. The van der Waals surface area contributed by atoms with Gasteiger partial charge in [-0.2, -0.15) is 0 Å². The summed E-state index contributed by atoms with van der Waals surface area (Å²) in [5.74, 6) is 1.30. The monoisotopic (exact) mass is 281 g/mol. The summed E-state index contributed by atoms with van der Waals surface area (Å²) in [5.41, 5.74) is 0. The molecular weight excluding hydrogens is 254 g/mol. The summed E-state index contributed by atoms with van der Waals surface area (Å²) in [7, 11) is -1.13. The van der Waals surface area contributed by atoms with Gasteiger partial charge in [-0.1, -0.05) is 25.7 Å². The Kier molecular flexibility index (Phi) is 4.38. The first-order valence-corrected chi connectivity index (χ1v) is 11.2. The smallest absolute Gasteiger partial charge is 0.410 e. The molecule has 1 aliphatic heterocycles. The van der Waals surface area contributed by atoms with E-state index in [0.29, 0.717) is 18.4 Å². The zero-order valence-electron chi connectivity index (χ0n) is 12.5. The molecule has 1 heterocycles. The average molecular weight is 281 g/mol. The molecule has 3 atom stereocenters. The molecule has 0 radical (unpaired) electrons. The molecule has 2 aliphatic rings. The first-order chi connectivity index (χ1) is 8.90. The van der Waals surface area contributed by atoms with Crippen molar-refractivity contribution >= 4 is 14.2 Å². The number of fused-ring (bicyclic) bond motifs is 2. The molecule has 2 rings (SSSR count). The van der Waals surface area contributed by atoms with Crippen LogP contribution in [0.1, 0.15) is 19.3 Å². The van der Waals surface area contributed by atoms with Crippen molar-refractivity contribution in [2.75, 3.05) is 13.2 Å². The largest absolute Gasteiger partial charge is 0.450 e. The molecule has 1 saturated carbocycles. The van der Waals surface area contributed by atoms with E-state index in [-0.39, 0.29) is 12.1 Å². The molecule has 0 aromatic rings. The van der Waals surface area contributed by atoms with E-state index < -0.39 is 8.07 Å². The highest BCUT2D eigenvalue weighted by atomic mass is 28.3. The van der Waals surface area contributed by atoms with Crippen LogP contribution in [0.15, 0.2) is 12.7 Å². The highest BCUT2D eigenvalue weighted by Gasteiger charge is 2.41. The lowest BCUT2D eigenvalue weighted by molar-refractivity contribution is 0.0682. The Bertz CT molecular complexity index is 351. The molecule has 1 saturated heterocycles. The van der Waals surface area contributed by atoms with Crippen molar-refractivity contribution < 1.29 is 9.53 Å². The van der Waals surface area contributed by atoms with Crippen LogP contribution in [-0.4, -0.2) is 38.3 Å². The fraction of sp³-hybridized carbons (Fsp3) is 0.800. The number of hydrogen-bond acceptors (Lipinski definition) is 2. The fourth-order valence-corrected chi connectivity index (χ4v) is 4.00. The first-order valence-electron chi connectivity index (χ1n) is 7.46. The normalized spacial score (nSPS) is 30.3. The maximum atomic E-state index is 12.2. The summed E-state index contributed by atoms with van der Waals surface area (Å²) >= 11 is 0. The van der Waals surface area contributed by atoms with Crippen molar-refractivity contribution in [3.63, 3.8) is 0 Å². The van der Waals surface area contributed by atoms with Gasteiger partial charge in [-0.25, -0.2) is 4.79 Å². The lowest BCUT2D eigenvalue weighted by atomic mass is 9.91. The lowest BCUT2D eigenvalue weighted by Crippen LogP contribution is -2.48. The van der Waals surface area contributed by atoms with Crippen LogP contribution >= 0.6 is 0 Å². The standard InChI is InChI=1S/C15H27NO2Si/c1-5-14-13-7-6-12(10-13)11-16(14)15(17)18-8-9-19(2,3)4/h5,12-14H,1,6-11H2,2-4H3/t12-,13+,14+/m0/s1. The highest BCUT2D eigenvalue weighted by Crippen LogP contribution is 2.40. The van der Waals surface area contributed by atoms with Gasteiger partial charge in [-0.3, -0.25) is 0 Å². The molecule has 1 amide bonds. The number of ether oxygens (including phenoxy) is 1. The van der Waals surface area contributed by atoms with Gasteiger partial charge in [0.25, 0.3) is 0 Å². The van der Waals surface area contributed by atoms with E-state index in [1.807, 2.05) is 11.0 Å². The van der Waals surface area contributed by atoms with Crippen molar-refractivity contribution in [1.29, 1.82) is 0 Å². The van der Waals surface area contributed by atoms with Gasteiger partial charge in [-0.15, -0.1) is 6.58 Å². The second-order valence-corrected chi connectivity index (χ2v) is 12.9. The number of hydrogen-bond donors (Lipinski definition) is 0. The first kappa shape index (κ1) is 14.6. The number of carbonyl (C=O) groups is 1. The van der Waals surface area contributed by atoms with Crippen LogP contribution < -0.4 is 0 Å². The number of nitrogens with zero attached hydrogens (tertiary/aromatic N) is 1. The Hall–Kier alpha value is -0.773. The van der Waals surface area contributed by atoms with E-state index >= 15 is 0 Å². The van der Waals surface area contributed by atoms with Crippen molar-refractivity contribution in [3.8, 4) is 0 Å². The molecule has 108 valence electrons. The minimum atomic E-state index is -1.13. The molecule has 4 heteroatoms. The molecule has 1 aliphatic carbocycles. The van der Waals surface area contributed by atoms with Crippen molar-refractivity contribution in [2.24, 2.45) is 11.8 Å². The number of carbonyl (C=O) groups excluding carboxylic acids is 1. The maximum absolute atomic E-state index is 12.2. The van der Waals surface area contributed by atoms with Crippen molar-refractivity contribution in [3.05, 3.63) is 12.7 Å². The van der Waals surface area contributed by atoms with Gasteiger partial charge in [0, 0.05) is 14.6 Å². The van der Waals surface area contributed by atoms with Gasteiger partial charge in [0.15, 0.2) is 0 Å². The average Bonchev–Trinajstić information content (AvgIpc) is 2.69. The zero-order chi connectivity index (χ0) is 14.0. The Morgan fingerprint density at radius 1 is 1.42 bits per heavy atom. The second-order valence-electron chi connectivity index (χ2n) is 7.24. The van der Waals surface area contributed by atoms with E-state index in [9.17, 15) is 4.79 Å². The molecule has 2 bridgehead atoms. The minimum Gasteiger partial charge on any atom is -0.450 e. The summed E-state index contributed by atoms with van der Waals surface area (Å²) in [6.45, 7) is 12.2. The number of rotatable bonds is 4. The minimum absolute atomic E-state index is 0.125. The van der Waals surface area contributed by atoms with Gasteiger partial charge in [0.2, 0.25) is 0 Å². The van der Waals surface area contributed by atoms with Crippen LogP contribution in [0.2, 0.25) is 25.7 Å². The van der Waals surface area contributed by atoms with Crippen LogP contribution in [0.3, 0.4) is 0 Å². The number of likely N-dealkylation sites (tertiary alicyclic amines) is 1. The summed E-state index contributed by atoms with van der Waals surface area (Å²) in [6, 6.07) is 1.23. The summed E-state index contributed by atoms with van der Waals surface area (Å²) in [4.78, 5) is 14.2. The van der Waals surface area contributed by atoms with Gasteiger partial charge in [0.05, 0.1) is 12.6 Å². The summed E-state index contributed by atoms with van der Waals surface area (Å²) in [5, 5.41) is 0. The fourth-order valence-electron chi connectivity index (χ4n) is 3.29. The molecule has 0 unspecified atom stereocenters. The van der Waals surface area contributed by atoms with Gasteiger partial charge in [-0.05, 0) is 37.1 Å². The summed E-state index contributed by atoms with van der Waals surface area (Å²) < 4.78 is 5.49. The zero-order valence-corrected chi connectivity index (χ0v) is 13.5. The molecule has 0 N–H and O–H groups in total. The molecule has 0 spiro atoms. The van der Waals surface area contributed by atoms with E-state index in [4.69, 9.17) is 4.74 Å². The third-order valence-corrected chi connectivity index (χ3v) is 6.14. The van der Waals surface area contributed by atoms with Crippen molar-refractivity contribution in [1.82, 2.24) is 4.90 Å². The molecule has 0 aromatic heterocycles. The third-order valence-electron chi connectivity index (χ3n) is 4.43. The Morgan fingerprint density at radius 3 is 2.79 bits per heavy atom. The van der Waals surface area contributed by atoms with E-state index in [1.165, 1.54) is 19.3 Å². The van der Waals surface area contributed by atoms with Gasteiger partial charge >= 0.3 is 6.09 Å². The molecule has 0 aromatic carbocycles. The van der Waals surface area contributed by atoms with Crippen LogP contribution in [0.4, 0.5) is 4.79 Å². The Labute approximate surface area is 118 Å². The molecule has 2 fully saturated rings. The van der Waals surface area contributed by atoms with Crippen LogP contribution in [0.25, 0.3) is 0 Å². The molecular formula is C15H27NO2Si. The number of amides is 1. The lowest BCUT2D eigenvalue weighted by Gasteiger charge is -2.37. The third kappa shape index (κ3) is 3.62. The van der Waals surface area contributed by atoms with E-state index in [2.05, 4.69) is 26.2 Å². The predicted molar refractivity (Wildman–Crippen MR) is 81.0 cm³/mol. The maximum Gasteiger partial charge on any atom is 0.410 e. The van der Waals surface area contributed by atoms with Crippen molar-refractivity contribution in [2.45, 2.75) is 51.0 Å². The number of piperidine rings is 1. The van der Waals surface area contributed by atoms with Gasteiger partial charge in [0.1, 0.15) is 0 Å². The van der Waals surface area contributed by atoms with E-state index in [1.54, 1.807) is 0 Å². The Balaban J connectivity index is 1.89. The van der Waals surface area contributed by atoms with Crippen LogP contribution in [-0.2, 0) is 4.74 Å². The molecule has 19 heavy (non-hydrogen) atoms.